The zero-order valence-electron chi connectivity index (χ0n) is 19.5. The van der Waals surface area contributed by atoms with Crippen LogP contribution in [0.5, 0.6) is 5.75 Å². The maximum Gasteiger partial charge on any atom is 0.573 e. The topological polar surface area (TPSA) is 59.0 Å². The van der Waals surface area contributed by atoms with Crippen LogP contribution in [0.1, 0.15) is 35.4 Å². The summed E-state index contributed by atoms with van der Waals surface area (Å²) < 4.78 is 46.6. The van der Waals surface area contributed by atoms with Crippen molar-refractivity contribution in [1.82, 2.24) is 4.90 Å². The van der Waals surface area contributed by atoms with Crippen LogP contribution in [0.4, 0.5) is 18.0 Å². The van der Waals surface area contributed by atoms with Crippen LogP contribution in [0.15, 0.2) is 72.8 Å². The molecule has 3 aromatic rings. The predicted molar refractivity (Wildman–Crippen MR) is 128 cm³/mol. The first-order chi connectivity index (χ1) is 17.2. The van der Waals surface area contributed by atoms with Crippen LogP contribution < -0.4 is 4.74 Å². The number of carbonyl (C=O) groups is 1. The van der Waals surface area contributed by atoms with Crippen molar-refractivity contribution in [3.05, 3.63) is 89.5 Å². The standard InChI is InChI=1S/C28H26F3NO4/c29-28(30,31)36-20-11-9-19(10-12-20)17-27(34)13-15-32(16-14-27)26(33)35-18-25-23-7-3-1-5-21(23)22-6-2-4-8-24(22)25/h1-12,25,34H,13-18H2. The number of likely N-dealkylation sites (tertiary alicyclic amines) is 1. The minimum absolute atomic E-state index is 0.0210. The highest BCUT2D eigenvalue weighted by atomic mass is 19.4. The lowest BCUT2D eigenvalue weighted by molar-refractivity contribution is -0.274. The van der Waals surface area contributed by atoms with Crippen LogP contribution >= 0.6 is 0 Å². The van der Waals surface area contributed by atoms with Gasteiger partial charge in [0.2, 0.25) is 0 Å². The quantitative estimate of drug-likeness (QED) is 0.477. The Hall–Kier alpha value is -3.52. The van der Waals surface area contributed by atoms with E-state index in [0.717, 1.165) is 22.3 Å². The van der Waals surface area contributed by atoms with Crippen molar-refractivity contribution < 1.29 is 32.5 Å². The van der Waals surface area contributed by atoms with E-state index < -0.39 is 18.1 Å². The molecule has 1 saturated heterocycles. The number of alkyl halides is 3. The fourth-order valence-corrected chi connectivity index (χ4v) is 5.16. The van der Waals surface area contributed by atoms with Crippen molar-refractivity contribution in [3.63, 3.8) is 0 Å². The summed E-state index contributed by atoms with van der Waals surface area (Å²) in [5.74, 6) is -0.323. The average molecular weight is 498 g/mol. The van der Waals surface area contributed by atoms with Gasteiger partial charge in [-0.1, -0.05) is 60.7 Å². The molecule has 8 heteroatoms. The molecule has 5 nitrogen and oxygen atoms in total. The Labute approximate surface area is 207 Å². The molecular weight excluding hydrogens is 471 g/mol. The van der Waals surface area contributed by atoms with E-state index in [4.69, 9.17) is 4.74 Å². The number of rotatable bonds is 5. The molecular formula is C28H26F3NO4. The number of fused-ring (bicyclic) bond motifs is 3. The molecule has 0 bridgehead atoms. The van der Waals surface area contributed by atoms with E-state index in [2.05, 4.69) is 29.0 Å². The fourth-order valence-electron chi connectivity index (χ4n) is 5.16. The van der Waals surface area contributed by atoms with Gasteiger partial charge in [-0.2, -0.15) is 0 Å². The lowest BCUT2D eigenvalue weighted by Crippen LogP contribution is -2.48. The second kappa shape index (κ2) is 9.50. The molecule has 3 aromatic carbocycles. The van der Waals surface area contributed by atoms with Crippen molar-refractivity contribution in [2.24, 2.45) is 0 Å². The first kappa shape index (κ1) is 24.2. The molecule has 0 radical (unpaired) electrons. The zero-order valence-corrected chi connectivity index (χ0v) is 19.5. The molecule has 1 fully saturated rings. The van der Waals surface area contributed by atoms with E-state index in [-0.39, 0.29) is 24.7 Å². The third-order valence-electron chi connectivity index (χ3n) is 6.98. The SMILES string of the molecule is O=C(OCC1c2ccccc2-c2ccccc21)N1CCC(O)(Cc2ccc(OC(F)(F)F)cc2)CC1. The third-order valence-corrected chi connectivity index (χ3v) is 6.98. The van der Waals surface area contributed by atoms with E-state index in [1.54, 1.807) is 4.90 Å². The molecule has 36 heavy (non-hydrogen) atoms. The first-order valence-electron chi connectivity index (χ1n) is 11.9. The molecule has 1 N–H and O–H groups in total. The molecule has 5 rings (SSSR count). The molecule has 1 aliphatic carbocycles. The van der Waals surface area contributed by atoms with Gasteiger partial charge < -0.3 is 19.5 Å². The highest BCUT2D eigenvalue weighted by Crippen LogP contribution is 2.44. The fraction of sp³-hybridized carbons (Fsp3) is 0.321. The van der Waals surface area contributed by atoms with Gasteiger partial charge in [0.25, 0.3) is 0 Å². The predicted octanol–water partition coefficient (Wildman–Crippen LogP) is 5.90. The molecule has 0 aromatic heterocycles. The highest BCUT2D eigenvalue weighted by molar-refractivity contribution is 5.79. The Bertz CT molecular complexity index is 1190. The minimum Gasteiger partial charge on any atom is -0.448 e. The summed E-state index contributed by atoms with van der Waals surface area (Å²) in [4.78, 5) is 14.4. The van der Waals surface area contributed by atoms with E-state index in [0.29, 0.717) is 31.5 Å². The number of benzene rings is 3. The number of hydrogen-bond acceptors (Lipinski definition) is 4. The molecule has 0 atom stereocenters. The van der Waals surface area contributed by atoms with E-state index in [1.807, 2.05) is 24.3 Å². The monoisotopic (exact) mass is 497 g/mol. The molecule has 1 amide bonds. The maximum absolute atomic E-state index is 12.8. The largest absolute Gasteiger partial charge is 0.573 e. The van der Waals surface area contributed by atoms with Crippen LogP contribution in [0.3, 0.4) is 0 Å². The van der Waals surface area contributed by atoms with Crippen molar-refractivity contribution >= 4 is 6.09 Å². The van der Waals surface area contributed by atoms with Crippen LogP contribution in [0.25, 0.3) is 11.1 Å². The van der Waals surface area contributed by atoms with Crippen molar-refractivity contribution in [1.29, 1.82) is 0 Å². The Kier molecular flexibility index (Phi) is 6.38. The number of ether oxygens (including phenoxy) is 2. The zero-order chi connectivity index (χ0) is 25.3. The summed E-state index contributed by atoms with van der Waals surface area (Å²) >= 11 is 0. The number of hydrogen-bond donors (Lipinski definition) is 1. The van der Waals surface area contributed by atoms with Gasteiger partial charge in [-0.3, -0.25) is 0 Å². The van der Waals surface area contributed by atoms with Gasteiger partial charge in [0.15, 0.2) is 0 Å². The smallest absolute Gasteiger partial charge is 0.448 e. The molecule has 1 aliphatic heterocycles. The van der Waals surface area contributed by atoms with Crippen LogP contribution in [-0.2, 0) is 11.2 Å². The molecule has 0 spiro atoms. The summed E-state index contributed by atoms with van der Waals surface area (Å²) in [6, 6.07) is 21.8. The summed E-state index contributed by atoms with van der Waals surface area (Å²) in [5, 5.41) is 11.0. The molecule has 1 heterocycles. The van der Waals surface area contributed by atoms with Crippen LogP contribution in [0, 0.1) is 0 Å². The second-order valence-corrected chi connectivity index (χ2v) is 9.38. The van der Waals surface area contributed by atoms with Crippen LogP contribution in [-0.4, -0.2) is 47.8 Å². The van der Waals surface area contributed by atoms with E-state index in [9.17, 15) is 23.1 Å². The second-order valence-electron chi connectivity index (χ2n) is 9.38. The Morgan fingerprint density at radius 1 is 0.917 bits per heavy atom. The maximum atomic E-state index is 12.8. The number of amides is 1. The van der Waals surface area contributed by atoms with Crippen molar-refractivity contribution in [2.75, 3.05) is 19.7 Å². The minimum atomic E-state index is -4.74. The molecule has 0 saturated carbocycles. The Morgan fingerprint density at radius 2 is 1.47 bits per heavy atom. The van der Waals surface area contributed by atoms with Crippen molar-refractivity contribution in [3.8, 4) is 16.9 Å². The number of aliphatic hydroxyl groups is 1. The molecule has 0 unspecified atom stereocenters. The Morgan fingerprint density at radius 3 is 2.03 bits per heavy atom. The van der Waals surface area contributed by atoms with E-state index >= 15 is 0 Å². The van der Waals surface area contributed by atoms with E-state index in [1.165, 1.54) is 24.3 Å². The first-order valence-corrected chi connectivity index (χ1v) is 11.9. The van der Waals surface area contributed by atoms with Gasteiger partial charge >= 0.3 is 12.5 Å². The number of piperidine rings is 1. The lowest BCUT2D eigenvalue weighted by atomic mass is 9.85. The molecule has 188 valence electrons. The van der Waals surface area contributed by atoms with Gasteiger partial charge in [0, 0.05) is 25.4 Å². The van der Waals surface area contributed by atoms with Gasteiger partial charge in [-0.05, 0) is 52.8 Å². The van der Waals surface area contributed by atoms with Gasteiger partial charge in [0.05, 0.1) is 5.60 Å². The van der Waals surface area contributed by atoms with Gasteiger partial charge in [-0.15, -0.1) is 13.2 Å². The summed E-state index contributed by atoms with van der Waals surface area (Å²) in [6.07, 6.45) is -4.19. The number of nitrogens with zero attached hydrogens (tertiary/aromatic N) is 1. The Balaban J connectivity index is 1.15. The molecule has 2 aliphatic rings. The highest BCUT2D eigenvalue weighted by Gasteiger charge is 2.36. The third kappa shape index (κ3) is 5.18. The lowest BCUT2D eigenvalue weighted by Gasteiger charge is -2.38. The summed E-state index contributed by atoms with van der Waals surface area (Å²) in [5.41, 5.74) is 4.26. The van der Waals surface area contributed by atoms with Crippen LogP contribution in [0.2, 0.25) is 0 Å². The number of halogens is 3. The summed E-state index contributed by atoms with van der Waals surface area (Å²) in [6.45, 7) is 0.908. The average Bonchev–Trinajstić information content (AvgIpc) is 3.17. The summed E-state index contributed by atoms with van der Waals surface area (Å²) in [7, 11) is 0. The van der Waals surface area contributed by atoms with Gasteiger partial charge in [0.1, 0.15) is 12.4 Å². The van der Waals surface area contributed by atoms with Crippen molar-refractivity contribution in [2.45, 2.75) is 37.1 Å². The van der Waals surface area contributed by atoms with Gasteiger partial charge in [-0.25, -0.2) is 4.79 Å². The normalized spacial score (nSPS) is 16.8. The number of carbonyl (C=O) groups excluding carboxylic acids is 1.